The largest absolute Gasteiger partial charge is 0.496 e. The number of benzene rings is 1. The molecule has 1 aromatic carbocycles. The lowest BCUT2D eigenvalue weighted by molar-refractivity contribution is 0.367. The molecule has 0 aliphatic carbocycles. The number of methoxy groups -OCH3 is 1. The third-order valence-corrected chi connectivity index (χ3v) is 2.81. The van der Waals surface area contributed by atoms with Crippen molar-refractivity contribution in [3.8, 4) is 17.1 Å². The molecule has 5 nitrogen and oxygen atoms in total. The lowest BCUT2D eigenvalue weighted by Crippen LogP contribution is -2.13. The summed E-state index contributed by atoms with van der Waals surface area (Å²) in [5.41, 5.74) is 0.761. The first-order valence-corrected chi connectivity index (χ1v) is 6.49. The van der Waals surface area contributed by atoms with E-state index in [1.165, 1.54) is 0 Å². The van der Waals surface area contributed by atoms with Crippen molar-refractivity contribution in [1.82, 2.24) is 15.5 Å². The Morgan fingerprint density at radius 2 is 2.26 bits per heavy atom. The third-order valence-electron chi connectivity index (χ3n) is 2.58. The molecule has 0 saturated heterocycles. The number of halogens is 1. The molecule has 102 valence electrons. The van der Waals surface area contributed by atoms with E-state index in [9.17, 15) is 0 Å². The third kappa shape index (κ3) is 3.45. The summed E-state index contributed by atoms with van der Waals surface area (Å²) in [6.07, 6.45) is 1.06. The molecule has 0 bridgehead atoms. The molecule has 2 rings (SSSR count). The molecule has 1 heterocycles. The second-order valence-corrected chi connectivity index (χ2v) is 4.47. The Morgan fingerprint density at radius 1 is 1.42 bits per heavy atom. The number of hydrogen-bond acceptors (Lipinski definition) is 5. The van der Waals surface area contributed by atoms with E-state index in [0.717, 1.165) is 18.5 Å². The Morgan fingerprint density at radius 3 is 3.00 bits per heavy atom. The van der Waals surface area contributed by atoms with E-state index < -0.39 is 0 Å². The number of hydrogen-bond donors (Lipinski definition) is 1. The number of rotatable bonds is 6. The molecule has 0 radical (unpaired) electrons. The van der Waals surface area contributed by atoms with Crippen LogP contribution in [0.4, 0.5) is 0 Å². The molecule has 0 unspecified atom stereocenters. The molecule has 0 fully saturated rings. The van der Waals surface area contributed by atoms with E-state index in [4.69, 9.17) is 20.9 Å². The highest BCUT2D eigenvalue weighted by molar-refractivity contribution is 6.30. The van der Waals surface area contributed by atoms with Gasteiger partial charge in [0.1, 0.15) is 5.75 Å². The summed E-state index contributed by atoms with van der Waals surface area (Å²) < 4.78 is 10.4. The Labute approximate surface area is 116 Å². The predicted molar refractivity (Wildman–Crippen MR) is 73.3 cm³/mol. The molecule has 1 aromatic heterocycles. The van der Waals surface area contributed by atoms with E-state index >= 15 is 0 Å². The van der Waals surface area contributed by atoms with Gasteiger partial charge in [0.2, 0.25) is 11.7 Å². The van der Waals surface area contributed by atoms with Gasteiger partial charge in [0.15, 0.2) is 0 Å². The van der Waals surface area contributed by atoms with Crippen LogP contribution in [0.1, 0.15) is 19.2 Å². The van der Waals surface area contributed by atoms with Crippen molar-refractivity contribution in [3.63, 3.8) is 0 Å². The first-order chi connectivity index (χ1) is 9.24. The highest BCUT2D eigenvalue weighted by atomic mass is 35.5. The van der Waals surface area contributed by atoms with E-state index in [1.807, 2.05) is 6.07 Å². The van der Waals surface area contributed by atoms with Crippen molar-refractivity contribution in [1.29, 1.82) is 0 Å². The predicted octanol–water partition coefficient (Wildman–Crippen LogP) is 2.90. The minimum Gasteiger partial charge on any atom is -0.496 e. The van der Waals surface area contributed by atoms with Crippen LogP contribution in [0.3, 0.4) is 0 Å². The van der Waals surface area contributed by atoms with Gasteiger partial charge >= 0.3 is 0 Å². The molecular formula is C13H16ClN3O2. The minimum atomic E-state index is 0.502. The summed E-state index contributed by atoms with van der Waals surface area (Å²) in [5, 5.41) is 7.76. The fraction of sp³-hybridized carbons (Fsp3) is 0.385. The standard InChI is InChI=1S/C13H16ClN3O2/c1-3-6-15-8-12-16-13(17-19-12)10-5-4-9(14)7-11(10)18-2/h4-5,7,15H,3,6,8H2,1-2H3. The van der Waals surface area contributed by atoms with Gasteiger partial charge in [-0.3, -0.25) is 0 Å². The second-order valence-electron chi connectivity index (χ2n) is 4.03. The summed E-state index contributed by atoms with van der Waals surface area (Å²) in [5.74, 6) is 1.68. The molecule has 0 amide bonds. The lowest BCUT2D eigenvalue weighted by atomic mass is 10.2. The molecule has 19 heavy (non-hydrogen) atoms. The molecular weight excluding hydrogens is 266 g/mol. The smallest absolute Gasteiger partial charge is 0.240 e. The number of nitrogens with zero attached hydrogens (tertiary/aromatic N) is 2. The molecule has 1 N–H and O–H groups in total. The van der Waals surface area contributed by atoms with Crippen LogP contribution < -0.4 is 10.1 Å². The summed E-state index contributed by atoms with van der Waals surface area (Å²) in [4.78, 5) is 4.33. The Kier molecular flexibility index (Phi) is 4.76. The van der Waals surface area contributed by atoms with Gasteiger partial charge in [0.25, 0.3) is 0 Å². The maximum absolute atomic E-state index is 5.92. The second kappa shape index (κ2) is 6.54. The van der Waals surface area contributed by atoms with Gasteiger partial charge in [-0.25, -0.2) is 0 Å². The molecule has 0 saturated carbocycles. The van der Waals surface area contributed by atoms with Crippen LogP contribution in [-0.2, 0) is 6.54 Å². The van der Waals surface area contributed by atoms with E-state index in [1.54, 1.807) is 19.2 Å². The molecule has 2 aromatic rings. The Balaban J connectivity index is 2.18. The highest BCUT2D eigenvalue weighted by Gasteiger charge is 2.13. The van der Waals surface area contributed by atoms with Crippen LogP contribution in [-0.4, -0.2) is 23.8 Å². The molecule has 0 atom stereocenters. The zero-order chi connectivity index (χ0) is 13.7. The number of nitrogens with one attached hydrogen (secondary N) is 1. The van der Waals surface area contributed by atoms with Crippen LogP contribution in [0.5, 0.6) is 5.75 Å². The first-order valence-electron chi connectivity index (χ1n) is 6.11. The van der Waals surface area contributed by atoms with Gasteiger partial charge in [0.05, 0.1) is 19.2 Å². The van der Waals surface area contributed by atoms with Gasteiger partial charge in [-0.2, -0.15) is 4.98 Å². The van der Waals surface area contributed by atoms with E-state index in [2.05, 4.69) is 22.4 Å². The zero-order valence-corrected chi connectivity index (χ0v) is 11.7. The molecule has 0 aliphatic heterocycles. The van der Waals surface area contributed by atoms with Crippen molar-refractivity contribution in [2.45, 2.75) is 19.9 Å². The summed E-state index contributed by atoms with van der Waals surface area (Å²) in [7, 11) is 1.58. The maximum atomic E-state index is 5.92. The average Bonchev–Trinajstić information content (AvgIpc) is 2.87. The van der Waals surface area contributed by atoms with Gasteiger partial charge in [-0.1, -0.05) is 23.7 Å². The Hall–Kier alpha value is -1.59. The zero-order valence-electron chi connectivity index (χ0n) is 10.9. The fourth-order valence-corrected chi connectivity index (χ4v) is 1.82. The van der Waals surface area contributed by atoms with Crippen molar-refractivity contribution in [2.75, 3.05) is 13.7 Å². The quantitative estimate of drug-likeness (QED) is 0.825. The van der Waals surface area contributed by atoms with Crippen LogP contribution in [0.25, 0.3) is 11.4 Å². The van der Waals surface area contributed by atoms with Gasteiger partial charge in [-0.15, -0.1) is 0 Å². The maximum Gasteiger partial charge on any atom is 0.240 e. The number of aromatic nitrogens is 2. The van der Waals surface area contributed by atoms with Crippen molar-refractivity contribution >= 4 is 11.6 Å². The first kappa shape index (κ1) is 13.8. The van der Waals surface area contributed by atoms with Crippen LogP contribution in [0, 0.1) is 0 Å². The Bertz CT molecular complexity index is 542. The van der Waals surface area contributed by atoms with Crippen LogP contribution in [0.2, 0.25) is 5.02 Å². The van der Waals surface area contributed by atoms with Gasteiger partial charge in [0, 0.05) is 5.02 Å². The van der Waals surface area contributed by atoms with E-state index in [-0.39, 0.29) is 0 Å². The normalized spacial score (nSPS) is 10.7. The van der Waals surface area contributed by atoms with E-state index in [0.29, 0.717) is 29.0 Å². The average molecular weight is 282 g/mol. The summed E-state index contributed by atoms with van der Waals surface area (Å²) in [6.45, 7) is 3.59. The minimum absolute atomic E-state index is 0.502. The number of ether oxygens (including phenoxy) is 1. The SMILES string of the molecule is CCCNCc1nc(-c2ccc(Cl)cc2OC)no1. The topological polar surface area (TPSA) is 60.2 Å². The van der Waals surface area contributed by atoms with Gasteiger partial charge < -0.3 is 14.6 Å². The van der Waals surface area contributed by atoms with Crippen LogP contribution in [0.15, 0.2) is 22.7 Å². The molecule has 0 spiro atoms. The lowest BCUT2D eigenvalue weighted by Gasteiger charge is -2.04. The molecule has 0 aliphatic rings. The summed E-state index contributed by atoms with van der Waals surface area (Å²) >= 11 is 5.92. The van der Waals surface area contributed by atoms with Crippen LogP contribution >= 0.6 is 11.6 Å². The van der Waals surface area contributed by atoms with Crippen molar-refractivity contribution in [2.24, 2.45) is 0 Å². The highest BCUT2D eigenvalue weighted by Crippen LogP contribution is 2.30. The fourth-order valence-electron chi connectivity index (χ4n) is 1.66. The van der Waals surface area contributed by atoms with Crippen molar-refractivity contribution in [3.05, 3.63) is 29.1 Å². The molecule has 6 heteroatoms. The monoisotopic (exact) mass is 281 g/mol. The summed E-state index contributed by atoms with van der Waals surface area (Å²) in [6, 6.07) is 5.31. The van der Waals surface area contributed by atoms with Gasteiger partial charge in [-0.05, 0) is 31.2 Å². The van der Waals surface area contributed by atoms with Crippen molar-refractivity contribution < 1.29 is 9.26 Å².